The Morgan fingerprint density at radius 3 is 2.76 bits per heavy atom. The highest BCUT2D eigenvalue weighted by Gasteiger charge is 2.36. The van der Waals surface area contributed by atoms with Gasteiger partial charge in [0.15, 0.2) is 6.29 Å². The van der Waals surface area contributed by atoms with E-state index in [9.17, 15) is 10.2 Å². The second-order valence-corrected chi connectivity index (χ2v) is 9.44. The molecule has 0 bridgehead atoms. The Morgan fingerprint density at radius 1 is 1.15 bits per heavy atom. The Hall–Kier alpha value is -2.38. The summed E-state index contributed by atoms with van der Waals surface area (Å²) in [6, 6.07) is 16.8. The molecule has 2 N–H and O–H groups in total. The standard InChI is InChI=1S/C28H38N2O4/c1-21-20-26(27(31)28(32)34-21)29(2)16-7-19-33-24-13-11-22(12-14-24)8-5-6-17-30-18-15-23-9-3-4-10-25(23)30/h3-5,8-14,21,26-28,31-32H,6-7,15-20H2,1-2H3/b8-5-. The number of aliphatic hydroxyl groups is 2. The molecule has 1 saturated heterocycles. The van der Waals surface area contributed by atoms with Crippen molar-refractivity contribution in [3.05, 3.63) is 65.7 Å². The smallest absolute Gasteiger partial charge is 0.182 e. The van der Waals surface area contributed by atoms with Crippen molar-refractivity contribution in [1.82, 2.24) is 4.90 Å². The van der Waals surface area contributed by atoms with Crippen LogP contribution in [0.2, 0.25) is 0 Å². The first-order chi connectivity index (χ1) is 16.5. The highest BCUT2D eigenvalue weighted by atomic mass is 16.6. The molecule has 0 aliphatic carbocycles. The van der Waals surface area contributed by atoms with Crippen LogP contribution in [0, 0.1) is 0 Å². The largest absolute Gasteiger partial charge is 0.494 e. The second kappa shape index (κ2) is 11.8. The van der Waals surface area contributed by atoms with E-state index in [-0.39, 0.29) is 12.1 Å². The van der Waals surface area contributed by atoms with E-state index in [2.05, 4.69) is 58.4 Å². The molecule has 0 spiro atoms. The minimum Gasteiger partial charge on any atom is -0.494 e. The normalized spacial score (nSPS) is 24.7. The maximum atomic E-state index is 10.2. The lowest BCUT2D eigenvalue weighted by Gasteiger charge is -2.40. The fourth-order valence-electron chi connectivity index (χ4n) is 4.92. The number of ether oxygens (including phenoxy) is 2. The monoisotopic (exact) mass is 466 g/mol. The molecule has 6 heteroatoms. The molecule has 4 unspecified atom stereocenters. The van der Waals surface area contributed by atoms with Crippen LogP contribution in [0.25, 0.3) is 6.08 Å². The first-order valence-corrected chi connectivity index (χ1v) is 12.5. The zero-order valence-electron chi connectivity index (χ0n) is 20.3. The lowest BCUT2D eigenvalue weighted by molar-refractivity contribution is -0.231. The Labute approximate surface area is 203 Å². The number of benzene rings is 2. The van der Waals surface area contributed by atoms with Gasteiger partial charge in [0.2, 0.25) is 0 Å². The van der Waals surface area contributed by atoms with Crippen molar-refractivity contribution in [3.63, 3.8) is 0 Å². The van der Waals surface area contributed by atoms with Crippen LogP contribution in [0.5, 0.6) is 5.75 Å². The summed E-state index contributed by atoms with van der Waals surface area (Å²) in [5.41, 5.74) is 4.03. The van der Waals surface area contributed by atoms with Crippen molar-refractivity contribution in [2.45, 2.75) is 57.1 Å². The van der Waals surface area contributed by atoms with E-state index in [1.807, 2.05) is 26.1 Å². The number of likely N-dealkylation sites (N-methyl/N-ethyl adjacent to an activating group) is 1. The lowest BCUT2D eigenvalue weighted by Crippen LogP contribution is -2.54. The average molecular weight is 467 g/mol. The molecule has 184 valence electrons. The van der Waals surface area contributed by atoms with Gasteiger partial charge in [-0.15, -0.1) is 0 Å². The molecule has 0 radical (unpaired) electrons. The number of nitrogens with zero attached hydrogens (tertiary/aromatic N) is 2. The maximum Gasteiger partial charge on any atom is 0.182 e. The van der Waals surface area contributed by atoms with E-state index in [1.54, 1.807) is 0 Å². The van der Waals surface area contributed by atoms with Gasteiger partial charge in [0.25, 0.3) is 0 Å². The molecule has 2 aromatic rings. The number of fused-ring (bicyclic) bond motifs is 1. The topological polar surface area (TPSA) is 65.4 Å². The van der Waals surface area contributed by atoms with E-state index in [0.29, 0.717) is 13.0 Å². The SMILES string of the molecule is CC1CC(N(C)CCCOc2ccc(/C=C\CCN3CCc4ccccc43)cc2)C(O)C(O)O1. The molecule has 2 aliphatic rings. The van der Waals surface area contributed by atoms with E-state index in [0.717, 1.165) is 44.6 Å². The summed E-state index contributed by atoms with van der Waals surface area (Å²) in [4.78, 5) is 4.56. The quantitative estimate of drug-likeness (QED) is 0.521. The van der Waals surface area contributed by atoms with Gasteiger partial charge in [-0.25, -0.2) is 0 Å². The molecule has 0 saturated carbocycles. The zero-order valence-corrected chi connectivity index (χ0v) is 20.3. The predicted molar refractivity (Wildman–Crippen MR) is 136 cm³/mol. The zero-order chi connectivity index (χ0) is 23.9. The Bertz CT molecular complexity index is 932. The molecule has 4 rings (SSSR count). The summed E-state index contributed by atoms with van der Waals surface area (Å²) in [5.74, 6) is 0.864. The van der Waals surface area contributed by atoms with Crippen molar-refractivity contribution in [2.75, 3.05) is 38.2 Å². The molecular formula is C28H38N2O4. The van der Waals surface area contributed by atoms with Gasteiger partial charge < -0.3 is 29.5 Å². The van der Waals surface area contributed by atoms with Gasteiger partial charge in [-0.3, -0.25) is 0 Å². The van der Waals surface area contributed by atoms with Crippen molar-refractivity contribution < 1.29 is 19.7 Å². The highest BCUT2D eigenvalue weighted by molar-refractivity contribution is 5.58. The first-order valence-electron chi connectivity index (χ1n) is 12.5. The van der Waals surface area contributed by atoms with Crippen molar-refractivity contribution in [2.24, 2.45) is 0 Å². The lowest BCUT2D eigenvalue weighted by atomic mass is 9.99. The molecule has 6 nitrogen and oxygen atoms in total. The van der Waals surface area contributed by atoms with E-state index >= 15 is 0 Å². The highest BCUT2D eigenvalue weighted by Crippen LogP contribution is 2.27. The van der Waals surface area contributed by atoms with Gasteiger partial charge in [0, 0.05) is 31.4 Å². The van der Waals surface area contributed by atoms with Gasteiger partial charge in [0.05, 0.1) is 12.7 Å². The molecule has 1 fully saturated rings. The summed E-state index contributed by atoms with van der Waals surface area (Å²) in [7, 11) is 1.97. The van der Waals surface area contributed by atoms with Crippen LogP contribution in [-0.4, -0.2) is 72.9 Å². The fraction of sp³-hybridized carbons (Fsp3) is 0.500. The number of aliphatic hydroxyl groups excluding tert-OH is 2. The Kier molecular flexibility index (Phi) is 8.62. The molecule has 0 aromatic heterocycles. The number of anilines is 1. The van der Waals surface area contributed by atoms with Crippen LogP contribution in [0.1, 0.15) is 37.3 Å². The van der Waals surface area contributed by atoms with Crippen molar-refractivity contribution in [1.29, 1.82) is 0 Å². The third-order valence-corrected chi connectivity index (χ3v) is 6.86. The third-order valence-electron chi connectivity index (χ3n) is 6.86. The second-order valence-electron chi connectivity index (χ2n) is 9.44. The molecule has 2 heterocycles. The van der Waals surface area contributed by atoms with Crippen LogP contribution in [0.15, 0.2) is 54.6 Å². The van der Waals surface area contributed by atoms with Gasteiger partial charge in [-0.1, -0.05) is 42.5 Å². The van der Waals surface area contributed by atoms with Gasteiger partial charge in [0.1, 0.15) is 11.9 Å². The van der Waals surface area contributed by atoms with E-state index in [1.165, 1.54) is 16.8 Å². The summed E-state index contributed by atoms with van der Waals surface area (Å²) in [5, 5.41) is 20.0. The maximum absolute atomic E-state index is 10.2. The summed E-state index contributed by atoms with van der Waals surface area (Å²) >= 11 is 0. The third kappa shape index (κ3) is 6.39. The van der Waals surface area contributed by atoms with Gasteiger partial charge in [-0.2, -0.15) is 0 Å². The van der Waals surface area contributed by atoms with Gasteiger partial charge in [-0.05, 0) is 69.0 Å². The van der Waals surface area contributed by atoms with Crippen molar-refractivity contribution in [3.8, 4) is 5.75 Å². The van der Waals surface area contributed by atoms with Crippen LogP contribution in [0.4, 0.5) is 5.69 Å². The van der Waals surface area contributed by atoms with Crippen LogP contribution < -0.4 is 9.64 Å². The number of rotatable bonds is 10. The van der Waals surface area contributed by atoms with Crippen LogP contribution in [0.3, 0.4) is 0 Å². The first kappa shape index (κ1) is 24.7. The van der Waals surface area contributed by atoms with E-state index < -0.39 is 12.4 Å². The minimum absolute atomic E-state index is 0.0633. The van der Waals surface area contributed by atoms with E-state index in [4.69, 9.17) is 9.47 Å². The summed E-state index contributed by atoms with van der Waals surface area (Å²) < 4.78 is 11.2. The van der Waals surface area contributed by atoms with Crippen molar-refractivity contribution >= 4 is 11.8 Å². The van der Waals surface area contributed by atoms with Gasteiger partial charge >= 0.3 is 0 Å². The summed E-state index contributed by atoms with van der Waals surface area (Å²) in [6.45, 7) is 5.47. The Balaban J connectivity index is 1.14. The molecular weight excluding hydrogens is 428 g/mol. The minimum atomic E-state index is -1.11. The molecule has 0 amide bonds. The fourth-order valence-corrected chi connectivity index (χ4v) is 4.92. The van der Waals surface area contributed by atoms with Crippen LogP contribution >= 0.6 is 0 Å². The van der Waals surface area contributed by atoms with Crippen LogP contribution in [-0.2, 0) is 11.2 Å². The molecule has 34 heavy (non-hydrogen) atoms. The molecule has 4 atom stereocenters. The summed E-state index contributed by atoms with van der Waals surface area (Å²) in [6.07, 6.45) is 6.08. The molecule has 2 aromatic carbocycles. The average Bonchev–Trinajstić information content (AvgIpc) is 3.25. The Morgan fingerprint density at radius 2 is 1.94 bits per heavy atom. The molecule has 2 aliphatic heterocycles. The number of hydrogen-bond acceptors (Lipinski definition) is 6. The number of para-hydroxylation sites is 1. The predicted octanol–water partition coefficient (Wildman–Crippen LogP) is 3.71. The number of hydrogen-bond donors (Lipinski definition) is 2.